The number of aliphatic hydroxyl groups is 1. The van der Waals surface area contributed by atoms with Gasteiger partial charge in [0.25, 0.3) is 0 Å². The van der Waals surface area contributed by atoms with Crippen LogP contribution >= 0.6 is 11.3 Å². The summed E-state index contributed by atoms with van der Waals surface area (Å²) in [6.07, 6.45) is 5.43. The van der Waals surface area contributed by atoms with Crippen LogP contribution in [-0.4, -0.2) is 21.0 Å². The predicted octanol–water partition coefficient (Wildman–Crippen LogP) is 3.36. The molecule has 1 aliphatic rings. The monoisotopic (exact) mass is 299 g/mol. The lowest BCUT2D eigenvalue weighted by atomic mass is 10.1. The van der Waals surface area contributed by atoms with Crippen molar-refractivity contribution in [3.63, 3.8) is 0 Å². The highest BCUT2D eigenvalue weighted by Crippen LogP contribution is 2.35. The quantitative estimate of drug-likeness (QED) is 0.789. The third kappa shape index (κ3) is 2.04. The number of hydrogen-bond donors (Lipinski definition) is 1. The van der Waals surface area contributed by atoms with Gasteiger partial charge in [0, 0.05) is 23.8 Å². The zero-order valence-corrected chi connectivity index (χ0v) is 12.5. The van der Waals surface area contributed by atoms with Gasteiger partial charge in [-0.25, -0.2) is 4.98 Å². The van der Waals surface area contributed by atoms with E-state index in [-0.39, 0.29) is 6.61 Å². The Morgan fingerprint density at radius 2 is 2.14 bits per heavy atom. The lowest BCUT2D eigenvalue weighted by Crippen LogP contribution is -2.20. The van der Waals surface area contributed by atoms with Crippen molar-refractivity contribution in [2.45, 2.75) is 25.9 Å². The summed E-state index contributed by atoms with van der Waals surface area (Å²) in [4.78, 5) is 7.97. The molecule has 108 valence electrons. The fourth-order valence-corrected chi connectivity index (χ4v) is 3.82. The van der Waals surface area contributed by atoms with Crippen molar-refractivity contribution in [1.29, 1.82) is 0 Å². The molecule has 0 fully saturated rings. The lowest BCUT2D eigenvalue weighted by Gasteiger charge is -2.23. The molecule has 3 heterocycles. The number of imidazole rings is 1. The fourth-order valence-electron chi connectivity index (χ4n) is 3.10. The van der Waals surface area contributed by atoms with Crippen LogP contribution in [0, 0.1) is 0 Å². The number of para-hydroxylation sites is 1. The number of aromatic nitrogens is 2. The number of thiazole rings is 1. The average Bonchev–Trinajstić information content (AvgIpc) is 3.02. The highest BCUT2D eigenvalue weighted by molar-refractivity contribution is 7.15. The molecule has 0 amide bonds. The molecular weight excluding hydrogens is 282 g/mol. The van der Waals surface area contributed by atoms with Gasteiger partial charge in [-0.05, 0) is 30.9 Å². The van der Waals surface area contributed by atoms with Crippen LogP contribution in [0.25, 0.3) is 4.96 Å². The van der Waals surface area contributed by atoms with E-state index in [4.69, 9.17) is 4.98 Å². The Hall–Kier alpha value is -1.85. The topological polar surface area (TPSA) is 40.8 Å². The van der Waals surface area contributed by atoms with Crippen LogP contribution < -0.4 is 4.90 Å². The van der Waals surface area contributed by atoms with E-state index in [1.165, 1.54) is 17.7 Å². The molecule has 0 saturated carbocycles. The number of hydrogen-bond acceptors (Lipinski definition) is 4. The van der Waals surface area contributed by atoms with Gasteiger partial charge in [-0.1, -0.05) is 18.2 Å². The van der Waals surface area contributed by atoms with Crippen molar-refractivity contribution in [3.8, 4) is 0 Å². The Morgan fingerprint density at radius 1 is 1.24 bits per heavy atom. The Kier molecular flexibility index (Phi) is 3.16. The molecule has 21 heavy (non-hydrogen) atoms. The van der Waals surface area contributed by atoms with Gasteiger partial charge >= 0.3 is 0 Å². The molecule has 0 bridgehead atoms. The van der Waals surface area contributed by atoms with Gasteiger partial charge in [0.05, 0.1) is 12.3 Å². The number of benzene rings is 1. The number of anilines is 2. The van der Waals surface area contributed by atoms with Gasteiger partial charge in [0.2, 0.25) is 0 Å². The molecule has 0 atom stereocenters. The van der Waals surface area contributed by atoms with Crippen LogP contribution in [0.2, 0.25) is 0 Å². The van der Waals surface area contributed by atoms with E-state index in [1.54, 1.807) is 11.3 Å². The predicted molar refractivity (Wildman–Crippen MR) is 85.4 cm³/mol. The smallest absolute Gasteiger partial charge is 0.195 e. The number of fused-ring (bicyclic) bond motifs is 2. The van der Waals surface area contributed by atoms with E-state index in [0.29, 0.717) is 0 Å². The van der Waals surface area contributed by atoms with Crippen LogP contribution in [0.5, 0.6) is 0 Å². The summed E-state index contributed by atoms with van der Waals surface area (Å²) < 4.78 is 1.99. The summed E-state index contributed by atoms with van der Waals surface area (Å²) in [5.74, 6) is 0.902. The molecule has 4 rings (SSSR count). The highest BCUT2D eigenvalue weighted by atomic mass is 32.1. The van der Waals surface area contributed by atoms with Crippen LogP contribution in [0.4, 0.5) is 11.5 Å². The molecule has 0 radical (unpaired) electrons. The van der Waals surface area contributed by atoms with E-state index in [2.05, 4.69) is 29.2 Å². The molecular formula is C16H17N3OS. The molecule has 5 heteroatoms. The Morgan fingerprint density at radius 3 is 3.05 bits per heavy atom. The van der Waals surface area contributed by atoms with Crippen molar-refractivity contribution in [2.75, 3.05) is 11.4 Å². The summed E-state index contributed by atoms with van der Waals surface area (Å²) in [5.41, 5.74) is 3.48. The van der Waals surface area contributed by atoms with Crippen LogP contribution in [0.1, 0.15) is 24.1 Å². The number of rotatable bonds is 2. The first-order valence-corrected chi connectivity index (χ1v) is 8.17. The Labute approximate surface area is 127 Å². The fraction of sp³-hybridized carbons (Fsp3) is 0.312. The molecule has 0 saturated heterocycles. The van der Waals surface area contributed by atoms with Crippen molar-refractivity contribution < 1.29 is 5.11 Å². The van der Waals surface area contributed by atoms with Crippen molar-refractivity contribution in [1.82, 2.24) is 9.38 Å². The summed E-state index contributed by atoms with van der Waals surface area (Å²) >= 11 is 1.60. The van der Waals surface area contributed by atoms with Gasteiger partial charge in [-0.3, -0.25) is 4.40 Å². The first kappa shape index (κ1) is 12.9. The molecule has 0 aliphatic carbocycles. The Balaban J connectivity index is 1.89. The average molecular weight is 299 g/mol. The standard InChI is InChI=1S/C16H17N3OS/c20-11-14-15(17-16-19(14)9-10-21-16)18-8-4-3-6-12-5-1-2-7-13(12)18/h1-2,5,7,9-10,20H,3-4,6,8,11H2. The maximum Gasteiger partial charge on any atom is 0.195 e. The van der Waals surface area contributed by atoms with E-state index < -0.39 is 0 Å². The summed E-state index contributed by atoms with van der Waals surface area (Å²) in [6, 6.07) is 8.54. The van der Waals surface area contributed by atoms with Gasteiger partial charge in [0.15, 0.2) is 10.8 Å². The summed E-state index contributed by atoms with van der Waals surface area (Å²) in [6.45, 7) is 0.959. The second-order valence-electron chi connectivity index (χ2n) is 5.33. The number of nitrogens with zero attached hydrogens (tertiary/aromatic N) is 3. The van der Waals surface area contributed by atoms with E-state index >= 15 is 0 Å². The summed E-state index contributed by atoms with van der Waals surface area (Å²) in [5, 5.41) is 11.8. The van der Waals surface area contributed by atoms with E-state index in [9.17, 15) is 5.11 Å². The zero-order valence-electron chi connectivity index (χ0n) is 11.7. The Bertz CT molecular complexity index is 777. The minimum atomic E-state index is 0.00585. The molecule has 1 N–H and O–H groups in total. The van der Waals surface area contributed by atoms with E-state index in [1.807, 2.05) is 16.0 Å². The number of aryl methyl sites for hydroxylation is 1. The van der Waals surface area contributed by atoms with Crippen molar-refractivity contribution >= 4 is 27.8 Å². The van der Waals surface area contributed by atoms with Crippen molar-refractivity contribution in [3.05, 3.63) is 47.1 Å². The molecule has 1 aromatic carbocycles. The van der Waals surface area contributed by atoms with Crippen LogP contribution in [0.15, 0.2) is 35.8 Å². The van der Waals surface area contributed by atoms with Crippen molar-refractivity contribution in [2.24, 2.45) is 0 Å². The highest BCUT2D eigenvalue weighted by Gasteiger charge is 2.23. The van der Waals surface area contributed by atoms with Crippen LogP contribution in [0.3, 0.4) is 0 Å². The molecule has 0 unspecified atom stereocenters. The minimum Gasteiger partial charge on any atom is -0.390 e. The van der Waals surface area contributed by atoms with Gasteiger partial charge < -0.3 is 10.0 Å². The third-order valence-electron chi connectivity index (χ3n) is 4.11. The van der Waals surface area contributed by atoms with Gasteiger partial charge in [0.1, 0.15) is 0 Å². The number of aliphatic hydroxyl groups excluding tert-OH is 1. The largest absolute Gasteiger partial charge is 0.390 e. The zero-order chi connectivity index (χ0) is 14.2. The maximum atomic E-state index is 9.79. The second kappa shape index (κ2) is 5.16. The molecule has 2 aromatic heterocycles. The maximum absolute atomic E-state index is 9.79. The molecule has 3 aromatic rings. The lowest BCUT2D eigenvalue weighted by molar-refractivity contribution is 0.276. The normalized spacial score (nSPS) is 15.2. The SMILES string of the molecule is OCc1c(N2CCCCc3ccccc32)nc2sccn12. The molecule has 4 nitrogen and oxygen atoms in total. The second-order valence-corrected chi connectivity index (χ2v) is 6.21. The minimum absolute atomic E-state index is 0.00585. The first-order valence-electron chi connectivity index (χ1n) is 7.29. The molecule has 0 spiro atoms. The van der Waals surface area contributed by atoms with E-state index in [0.717, 1.165) is 35.9 Å². The van der Waals surface area contributed by atoms with Gasteiger partial charge in [-0.15, -0.1) is 11.3 Å². The first-order chi connectivity index (χ1) is 10.4. The van der Waals surface area contributed by atoms with Crippen LogP contribution in [-0.2, 0) is 13.0 Å². The summed E-state index contributed by atoms with van der Waals surface area (Å²) in [7, 11) is 0. The van der Waals surface area contributed by atoms with Gasteiger partial charge in [-0.2, -0.15) is 0 Å². The third-order valence-corrected chi connectivity index (χ3v) is 4.86. The molecule has 1 aliphatic heterocycles.